The third-order valence-corrected chi connectivity index (χ3v) is 4.84. The minimum absolute atomic E-state index is 0.155. The second-order valence-corrected chi connectivity index (χ2v) is 7.04. The Balaban J connectivity index is 1.70. The van der Waals surface area contributed by atoms with Gasteiger partial charge in [0, 0.05) is 18.8 Å². The molecule has 31 heavy (non-hydrogen) atoms. The lowest BCUT2D eigenvalue weighted by Gasteiger charge is -2.20. The zero-order valence-corrected chi connectivity index (χ0v) is 17.6. The molecule has 0 aliphatic rings. The highest BCUT2D eigenvalue weighted by Gasteiger charge is 2.20. The number of aryl methyl sites for hydroxylation is 1. The predicted octanol–water partition coefficient (Wildman–Crippen LogP) is 3.30. The molecule has 1 N–H and O–H groups in total. The number of hydrogen-bond acceptors (Lipinski definition) is 5. The molecule has 1 heterocycles. The summed E-state index contributed by atoms with van der Waals surface area (Å²) in [7, 11) is 3.23. The first-order chi connectivity index (χ1) is 14.9. The fourth-order valence-corrected chi connectivity index (χ4v) is 3.17. The van der Waals surface area contributed by atoms with E-state index in [4.69, 9.17) is 9.47 Å². The summed E-state index contributed by atoms with van der Waals surface area (Å²) in [6.45, 7) is 0.972. The second-order valence-electron chi connectivity index (χ2n) is 7.04. The van der Waals surface area contributed by atoms with Gasteiger partial charge in [-0.3, -0.25) is 9.59 Å². The topological polar surface area (TPSA) is 86.6 Å². The summed E-state index contributed by atoms with van der Waals surface area (Å²) in [4.78, 5) is 36.4. The average molecular weight is 420 g/mol. The highest BCUT2D eigenvalue weighted by Crippen LogP contribution is 2.24. The first-order valence-electron chi connectivity index (χ1n) is 9.71. The molecule has 0 saturated carbocycles. The van der Waals surface area contributed by atoms with Crippen molar-refractivity contribution in [3.8, 4) is 5.75 Å². The maximum atomic E-state index is 12.6. The summed E-state index contributed by atoms with van der Waals surface area (Å²) in [6.07, 6.45) is 1.55. The van der Waals surface area contributed by atoms with Gasteiger partial charge in [0.25, 0.3) is 5.91 Å². The Morgan fingerprint density at radius 1 is 1.00 bits per heavy atom. The van der Waals surface area contributed by atoms with Gasteiger partial charge in [0.1, 0.15) is 11.4 Å². The second kappa shape index (κ2) is 9.75. The molecule has 7 heteroatoms. The number of carbonyl (C=O) groups excluding carboxylic acids is 3. The van der Waals surface area contributed by atoms with Crippen LogP contribution >= 0.6 is 0 Å². The van der Waals surface area contributed by atoms with Crippen LogP contribution < -0.4 is 10.1 Å². The van der Waals surface area contributed by atoms with Gasteiger partial charge in [-0.05, 0) is 36.2 Å². The van der Waals surface area contributed by atoms with Crippen LogP contribution in [-0.2, 0) is 16.6 Å². The third kappa shape index (κ3) is 5.39. The van der Waals surface area contributed by atoms with E-state index in [0.29, 0.717) is 11.3 Å². The monoisotopic (exact) mass is 420 g/mol. The first-order valence-corrected chi connectivity index (χ1v) is 9.71. The molecule has 1 aromatic heterocycles. The largest absolute Gasteiger partial charge is 0.497 e. The molecule has 3 aromatic rings. The summed E-state index contributed by atoms with van der Waals surface area (Å²) in [5.41, 5.74) is 2.36. The number of hydrogen-bond donors (Lipinski definition) is 1. The molecule has 0 unspecified atom stereocenters. The van der Waals surface area contributed by atoms with Gasteiger partial charge in [-0.2, -0.15) is 0 Å². The number of benzene rings is 2. The Morgan fingerprint density at radius 3 is 2.23 bits per heavy atom. The summed E-state index contributed by atoms with van der Waals surface area (Å²) < 4.78 is 11.9. The van der Waals surface area contributed by atoms with Crippen LogP contribution in [0.5, 0.6) is 5.75 Å². The summed E-state index contributed by atoms with van der Waals surface area (Å²) in [6, 6.07) is 17.9. The number of carbonyl (C=O) groups is 3. The highest BCUT2D eigenvalue weighted by molar-refractivity contribution is 5.98. The van der Waals surface area contributed by atoms with Crippen LogP contribution in [0.4, 0.5) is 0 Å². The van der Waals surface area contributed by atoms with Crippen molar-refractivity contribution in [1.29, 1.82) is 0 Å². The molecule has 7 nitrogen and oxygen atoms in total. The Kier molecular flexibility index (Phi) is 6.87. The van der Waals surface area contributed by atoms with E-state index < -0.39 is 24.5 Å². The van der Waals surface area contributed by atoms with Gasteiger partial charge in [0.2, 0.25) is 0 Å². The molecule has 2 aromatic carbocycles. The number of ether oxygens (including phenoxy) is 2. The predicted molar refractivity (Wildman–Crippen MR) is 115 cm³/mol. The molecular weight excluding hydrogens is 396 g/mol. The molecule has 160 valence electrons. The van der Waals surface area contributed by atoms with Crippen LogP contribution in [0.3, 0.4) is 0 Å². The summed E-state index contributed by atoms with van der Waals surface area (Å²) in [5, 5.41) is 2.91. The number of amides is 1. The van der Waals surface area contributed by atoms with Crippen molar-refractivity contribution in [2.24, 2.45) is 7.05 Å². The van der Waals surface area contributed by atoms with Gasteiger partial charge in [0.15, 0.2) is 12.4 Å². The number of Topliss-reactive ketones (excluding diaryl/α,β-unsaturated/α-hetero) is 1. The van der Waals surface area contributed by atoms with Crippen molar-refractivity contribution in [2.75, 3.05) is 13.7 Å². The van der Waals surface area contributed by atoms with Crippen LogP contribution in [-0.4, -0.2) is 35.9 Å². The SMILES string of the molecule is COc1ccc([C@H](NC(=O)COC(=O)c2cc(C(C)=O)cn2C)c2ccccc2)cc1. The minimum Gasteiger partial charge on any atom is -0.497 e. The van der Waals surface area contributed by atoms with Crippen LogP contribution in [0.15, 0.2) is 66.9 Å². The number of nitrogens with zero attached hydrogens (tertiary/aromatic N) is 1. The lowest BCUT2D eigenvalue weighted by Crippen LogP contribution is -2.33. The van der Waals surface area contributed by atoms with Gasteiger partial charge in [-0.25, -0.2) is 4.79 Å². The van der Waals surface area contributed by atoms with Crippen molar-refractivity contribution < 1.29 is 23.9 Å². The van der Waals surface area contributed by atoms with E-state index in [1.54, 1.807) is 20.4 Å². The average Bonchev–Trinajstić information content (AvgIpc) is 3.18. The maximum absolute atomic E-state index is 12.6. The molecule has 0 fully saturated rings. The molecule has 1 amide bonds. The standard InChI is InChI=1S/C24H24N2O5/c1-16(27)19-13-21(26(2)14-19)24(29)31-15-22(28)25-23(17-7-5-4-6-8-17)18-9-11-20(30-3)12-10-18/h4-14,23H,15H2,1-3H3,(H,25,28)/t23-/m1/s1. The van der Waals surface area contributed by atoms with Crippen LogP contribution in [0.25, 0.3) is 0 Å². The Hall–Kier alpha value is -3.87. The number of esters is 1. The number of nitrogens with one attached hydrogen (secondary N) is 1. The van der Waals surface area contributed by atoms with Gasteiger partial charge < -0.3 is 19.4 Å². The third-order valence-electron chi connectivity index (χ3n) is 4.84. The van der Waals surface area contributed by atoms with E-state index in [1.807, 2.05) is 54.6 Å². The van der Waals surface area contributed by atoms with Gasteiger partial charge >= 0.3 is 5.97 Å². The number of ketones is 1. The van der Waals surface area contributed by atoms with E-state index in [2.05, 4.69) is 5.32 Å². The van der Waals surface area contributed by atoms with Crippen molar-refractivity contribution in [2.45, 2.75) is 13.0 Å². The highest BCUT2D eigenvalue weighted by atomic mass is 16.5. The zero-order valence-electron chi connectivity index (χ0n) is 17.6. The van der Waals surface area contributed by atoms with Gasteiger partial charge in [-0.15, -0.1) is 0 Å². The molecule has 1 atom stereocenters. The fraction of sp³-hybridized carbons (Fsp3) is 0.208. The lowest BCUT2D eigenvalue weighted by molar-refractivity contribution is -0.124. The van der Waals surface area contributed by atoms with Crippen molar-refractivity contribution in [1.82, 2.24) is 9.88 Å². The van der Waals surface area contributed by atoms with Crippen molar-refractivity contribution >= 4 is 17.7 Å². The molecule has 3 rings (SSSR count). The Bertz CT molecular complexity index is 1070. The van der Waals surface area contributed by atoms with Crippen molar-refractivity contribution in [3.05, 3.63) is 89.2 Å². The smallest absolute Gasteiger partial charge is 0.355 e. The molecule has 0 radical (unpaired) electrons. The summed E-state index contributed by atoms with van der Waals surface area (Å²) in [5.74, 6) is -0.564. The molecule has 0 bridgehead atoms. The quantitative estimate of drug-likeness (QED) is 0.446. The summed E-state index contributed by atoms with van der Waals surface area (Å²) >= 11 is 0. The molecule has 0 aliphatic heterocycles. The van der Waals surface area contributed by atoms with Gasteiger partial charge in [0.05, 0.1) is 13.2 Å². The maximum Gasteiger partial charge on any atom is 0.355 e. The van der Waals surface area contributed by atoms with E-state index >= 15 is 0 Å². The molecule has 0 spiro atoms. The van der Waals surface area contributed by atoms with E-state index in [1.165, 1.54) is 17.6 Å². The number of methoxy groups -OCH3 is 1. The minimum atomic E-state index is -0.675. The zero-order chi connectivity index (χ0) is 22.4. The van der Waals surface area contributed by atoms with E-state index in [0.717, 1.165) is 11.1 Å². The Labute approximate surface area is 180 Å². The number of rotatable bonds is 8. The van der Waals surface area contributed by atoms with Crippen LogP contribution in [0.1, 0.15) is 44.9 Å². The molecule has 0 aliphatic carbocycles. The lowest BCUT2D eigenvalue weighted by atomic mass is 9.98. The number of aromatic nitrogens is 1. The normalized spacial score (nSPS) is 11.5. The van der Waals surface area contributed by atoms with E-state index in [9.17, 15) is 14.4 Å². The molecule has 0 saturated heterocycles. The van der Waals surface area contributed by atoms with Crippen LogP contribution in [0.2, 0.25) is 0 Å². The van der Waals surface area contributed by atoms with Crippen LogP contribution in [0, 0.1) is 0 Å². The molecular formula is C24H24N2O5. The first kappa shape index (κ1) is 21.8. The van der Waals surface area contributed by atoms with Crippen molar-refractivity contribution in [3.63, 3.8) is 0 Å². The van der Waals surface area contributed by atoms with E-state index in [-0.39, 0.29) is 11.5 Å². The van der Waals surface area contributed by atoms with Gasteiger partial charge in [-0.1, -0.05) is 42.5 Å². The Morgan fingerprint density at radius 2 is 1.65 bits per heavy atom. The fourth-order valence-electron chi connectivity index (χ4n) is 3.17.